The van der Waals surface area contributed by atoms with Gasteiger partial charge in [-0.15, -0.1) is 0 Å². The Morgan fingerprint density at radius 2 is 1.76 bits per heavy atom. The fraction of sp³-hybridized carbons (Fsp3) is 0.571. The Balaban J connectivity index is 1.99. The van der Waals surface area contributed by atoms with Crippen LogP contribution in [0.15, 0.2) is 29.2 Å². The van der Waals surface area contributed by atoms with Crippen molar-refractivity contribution >= 4 is 10.8 Å². The lowest BCUT2D eigenvalue weighted by Crippen LogP contribution is -2.22. The molecule has 1 nitrogen and oxygen atoms in total. The average molecular weight is 254 g/mol. The van der Waals surface area contributed by atoms with Crippen LogP contribution in [0, 0.1) is 11.7 Å². The molecule has 1 aromatic carbocycles. The summed E-state index contributed by atoms with van der Waals surface area (Å²) in [5.41, 5.74) is 0. The van der Waals surface area contributed by atoms with Crippen molar-refractivity contribution in [2.45, 2.75) is 49.2 Å². The van der Waals surface area contributed by atoms with Gasteiger partial charge in [-0.1, -0.05) is 13.3 Å². The van der Waals surface area contributed by atoms with Crippen LogP contribution in [0.1, 0.15) is 39.0 Å². The zero-order valence-corrected chi connectivity index (χ0v) is 11.0. The van der Waals surface area contributed by atoms with Gasteiger partial charge in [0.25, 0.3) is 0 Å². The summed E-state index contributed by atoms with van der Waals surface area (Å²) >= 11 is 0. The summed E-state index contributed by atoms with van der Waals surface area (Å²) in [4.78, 5) is 0.770. The number of hydrogen-bond donors (Lipinski definition) is 0. The lowest BCUT2D eigenvalue weighted by molar-refractivity contribution is 0.353. The first kappa shape index (κ1) is 12.7. The highest BCUT2D eigenvalue weighted by Crippen LogP contribution is 2.31. The summed E-state index contributed by atoms with van der Waals surface area (Å²) in [7, 11) is -0.962. The summed E-state index contributed by atoms with van der Waals surface area (Å²) in [5.74, 6) is 0.553. The molecule has 17 heavy (non-hydrogen) atoms. The van der Waals surface area contributed by atoms with Crippen molar-refractivity contribution in [2.24, 2.45) is 5.92 Å². The third kappa shape index (κ3) is 3.15. The third-order valence-corrected chi connectivity index (χ3v) is 5.53. The topological polar surface area (TPSA) is 17.1 Å². The number of benzene rings is 1. The van der Waals surface area contributed by atoms with E-state index in [9.17, 15) is 8.60 Å². The fourth-order valence-corrected chi connectivity index (χ4v) is 4.00. The fourth-order valence-electron chi connectivity index (χ4n) is 2.52. The van der Waals surface area contributed by atoms with Gasteiger partial charge in [-0.3, -0.25) is 4.21 Å². The zero-order valence-electron chi connectivity index (χ0n) is 10.2. The highest BCUT2D eigenvalue weighted by Gasteiger charge is 2.25. The third-order valence-electron chi connectivity index (χ3n) is 3.72. The Bertz CT molecular complexity index is 380. The summed E-state index contributed by atoms with van der Waals surface area (Å²) in [6.07, 6.45) is 5.70. The lowest BCUT2D eigenvalue weighted by Gasteiger charge is -2.27. The molecular weight excluding hydrogens is 235 g/mol. The molecule has 1 fully saturated rings. The molecule has 0 N–H and O–H groups in total. The van der Waals surface area contributed by atoms with Crippen molar-refractivity contribution in [3.8, 4) is 0 Å². The Hall–Kier alpha value is -0.700. The lowest BCUT2D eigenvalue weighted by atomic mass is 9.87. The molecule has 0 aliphatic heterocycles. The van der Waals surface area contributed by atoms with Crippen molar-refractivity contribution in [2.75, 3.05) is 0 Å². The standard InChI is InChI=1S/C14H19FOS/c1-2-11-3-7-13(8-4-11)17(16)14-9-5-12(15)6-10-14/h5-6,9-11,13H,2-4,7-8H2,1H3. The molecule has 1 aliphatic rings. The second kappa shape index (κ2) is 5.76. The van der Waals surface area contributed by atoms with Gasteiger partial charge in [0.15, 0.2) is 0 Å². The van der Waals surface area contributed by atoms with Crippen LogP contribution >= 0.6 is 0 Å². The molecule has 0 bridgehead atoms. The Morgan fingerprint density at radius 3 is 2.29 bits per heavy atom. The average Bonchev–Trinajstić information content (AvgIpc) is 2.39. The Morgan fingerprint density at radius 1 is 1.18 bits per heavy atom. The van der Waals surface area contributed by atoms with Crippen molar-refractivity contribution < 1.29 is 8.60 Å². The molecule has 1 saturated carbocycles. The predicted molar refractivity (Wildman–Crippen MR) is 68.8 cm³/mol. The van der Waals surface area contributed by atoms with Crippen LogP contribution in [-0.2, 0) is 10.8 Å². The summed E-state index contributed by atoms with van der Waals surface area (Å²) < 4.78 is 25.1. The van der Waals surface area contributed by atoms with Crippen LogP contribution in [0.5, 0.6) is 0 Å². The largest absolute Gasteiger partial charge is 0.254 e. The molecule has 0 aromatic heterocycles. The van der Waals surface area contributed by atoms with Gasteiger partial charge in [0, 0.05) is 10.1 Å². The van der Waals surface area contributed by atoms with Crippen molar-refractivity contribution in [1.82, 2.24) is 0 Å². The zero-order chi connectivity index (χ0) is 12.3. The highest BCUT2D eigenvalue weighted by molar-refractivity contribution is 7.85. The van der Waals surface area contributed by atoms with Gasteiger partial charge in [0.1, 0.15) is 5.82 Å². The quantitative estimate of drug-likeness (QED) is 0.799. The van der Waals surface area contributed by atoms with Gasteiger partial charge >= 0.3 is 0 Å². The van der Waals surface area contributed by atoms with Crippen LogP contribution in [0.2, 0.25) is 0 Å². The van der Waals surface area contributed by atoms with E-state index in [0.29, 0.717) is 0 Å². The molecule has 0 amide bonds. The van der Waals surface area contributed by atoms with E-state index in [0.717, 1.165) is 23.7 Å². The SMILES string of the molecule is CCC1CCC(S(=O)c2ccc(F)cc2)CC1. The monoisotopic (exact) mass is 254 g/mol. The van der Waals surface area contributed by atoms with E-state index in [1.807, 2.05) is 0 Å². The Kier molecular flexibility index (Phi) is 4.32. The van der Waals surface area contributed by atoms with Crippen LogP contribution in [-0.4, -0.2) is 9.46 Å². The van der Waals surface area contributed by atoms with Gasteiger partial charge in [0.05, 0.1) is 10.8 Å². The van der Waals surface area contributed by atoms with Crippen molar-refractivity contribution in [1.29, 1.82) is 0 Å². The molecule has 1 aliphatic carbocycles. The van der Waals surface area contributed by atoms with Crippen LogP contribution < -0.4 is 0 Å². The minimum absolute atomic E-state index is 0.263. The molecule has 1 atom stereocenters. The predicted octanol–water partition coefficient (Wildman–Crippen LogP) is 3.90. The first-order valence-electron chi connectivity index (χ1n) is 6.37. The minimum Gasteiger partial charge on any atom is -0.254 e. The molecule has 0 radical (unpaired) electrons. The maximum absolute atomic E-state index is 12.8. The summed E-state index contributed by atoms with van der Waals surface area (Å²) in [5, 5.41) is 0.267. The summed E-state index contributed by atoms with van der Waals surface area (Å²) in [6.45, 7) is 2.22. The molecule has 94 valence electrons. The van der Waals surface area contributed by atoms with Crippen molar-refractivity contribution in [3.05, 3.63) is 30.1 Å². The highest BCUT2D eigenvalue weighted by atomic mass is 32.2. The van der Waals surface area contributed by atoms with E-state index in [2.05, 4.69) is 6.92 Å². The van der Waals surface area contributed by atoms with Gasteiger partial charge in [-0.05, 0) is 55.9 Å². The molecular formula is C14H19FOS. The minimum atomic E-state index is -0.962. The summed E-state index contributed by atoms with van der Waals surface area (Å²) in [6, 6.07) is 6.09. The molecule has 1 unspecified atom stereocenters. The first-order valence-corrected chi connectivity index (χ1v) is 7.58. The van der Waals surface area contributed by atoms with Crippen LogP contribution in [0.4, 0.5) is 4.39 Å². The maximum atomic E-state index is 12.8. The molecule has 0 heterocycles. The maximum Gasteiger partial charge on any atom is 0.123 e. The van der Waals surface area contributed by atoms with E-state index in [1.54, 1.807) is 12.1 Å². The molecule has 0 spiro atoms. The van der Waals surface area contributed by atoms with Gasteiger partial charge in [-0.2, -0.15) is 0 Å². The number of hydrogen-bond acceptors (Lipinski definition) is 1. The Labute approximate surface area is 105 Å². The van der Waals surface area contributed by atoms with Crippen LogP contribution in [0.25, 0.3) is 0 Å². The molecule has 1 aromatic rings. The molecule has 0 saturated heterocycles. The van der Waals surface area contributed by atoms with E-state index in [1.165, 1.54) is 31.4 Å². The number of rotatable bonds is 3. The normalized spacial score (nSPS) is 26.7. The first-order chi connectivity index (χ1) is 8.20. The number of halogens is 1. The molecule has 3 heteroatoms. The van der Waals surface area contributed by atoms with E-state index >= 15 is 0 Å². The van der Waals surface area contributed by atoms with Crippen molar-refractivity contribution in [3.63, 3.8) is 0 Å². The second-order valence-electron chi connectivity index (χ2n) is 4.80. The van der Waals surface area contributed by atoms with Crippen LogP contribution in [0.3, 0.4) is 0 Å². The molecule has 2 rings (SSSR count). The van der Waals surface area contributed by atoms with Gasteiger partial charge < -0.3 is 0 Å². The second-order valence-corrected chi connectivity index (χ2v) is 6.54. The van der Waals surface area contributed by atoms with E-state index in [4.69, 9.17) is 0 Å². The smallest absolute Gasteiger partial charge is 0.123 e. The van der Waals surface area contributed by atoms with E-state index < -0.39 is 10.8 Å². The van der Waals surface area contributed by atoms with Gasteiger partial charge in [-0.25, -0.2) is 4.39 Å². The van der Waals surface area contributed by atoms with Gasteiger partial charge in [0.2, 0.25) is 0 Å². The van der Waals surface area contributed by atoms with E-state index in [-0.39, 0.29) is 11.1 Å².